The molecule has 10 atom stereocenters. The summed E-state index contributed by atoms with van der Waals surface area (Å²) in [5, 5.41) is 22.6. The molecule has 4 aromatic carbocycles. The van der Waals surface area contributed by atoms with E-state index in [1.54, 1.807) is 60.7 Å². The molecule has 0 unspecified atom stereocenters. The summed E-state index contributed by atoms with van der Waals surface area (Å²) >= 11 is 12.7. The fraction of sp³-hybridized carbons (Fsp3) is 0.485. The molecule has 2 aliphatic heterocycles. The van der Waals surface area contributed by atoms with Gasteiger partial charge in [0.25, 0.3) is 11.8 Å². The van der Waals surface area contributed by atoms with Crippen molar-refractivity contribution in [2.45, 2.75) is 139 Å². The third-order valence-electron chi connectivity index (χ3n) is 18.8. The molecule has 2 amide bonds. The Morgan fingerprint density at radius 3 is 1.38 bits per heavy atom. The van der Waals surface area contributed by atoms with Crippen LogP contribution < -0.4 is 38.2 Å². The number of carbonyl (C=O) groups is 2. The van der Waals surface area contributed by atoms with E-state index in [-0.39, 0.29) is 57.7 Å². The minimum absolute atomic E-state index is 0.114. The van der Waals surface area contributed by atoms with Crippen molar-refractivity contribution in [1.29, 1.82) is 0 Å². The van der Waals surface area contributed by atoms with E-state index >= 15 is 0 Å². The van der Waals surface area contributed by atoms with E-state index in [0.29, 0.717) is 76.6 Å². The zero-order valence-electron chi connectivity index (χ0n) is 49.5. The molecule has 0 aromatic heterocycles. The Bertz CT molecular complexity index is 3180. The highest BCUT2D eigenvalue weighted by atomic mass is 35.5. The third kappa shape index (κ3) is 14.7. The molecule has 20 heteroatoms. The quantitative estimate of drug-likeness (QED) is 0.0405. The second-order valence-electron chi connectivity index (χ2n) is 24.4. The van der Waals surface area contributed by atoms with Gasteiger partial charge < -0.3 is 29.5 Å². The van der Waals surface area contributed by atoms with Crippen LogP contribution in [0.3, 0.4) is 0 Å². The highest BCUT2D eigenvalue weighted by molar-refractivity contribution is 7.88. The fourth-order valence-electron chi connectivity index (χ4n) is 13.8. The van der Waals surface area contributed by atoms with Crippen molar-refractivity contribution in [2.75, 3.05) is 49.2 Å². The van der Waals surface area contributed by atoms with Crippen LogP contribution in [0, 0.1) is 23.7 Å². The number of amides is 2. The van der Waals surface area contributed by atoms with Gasteiger partial charge in [0.2, 0.25) is 0 Å². The summed E-state index contributed by atoms with van der Waals surface area (Å²) in [6.07, 6.45) is 17.0. The molecular formula is C66H84Cl2N6O10S2. The first-order valence-corrected chi connectivity index (χ1v) is 34.0. The zero-order valence-corrected chi connectivity index (χ0v) is 52.6. The lowest BCUT2D eigenvalue weighted by Crippen LogP contribution is -2.49. The Morgan fingerprint density at radius 1 is 0.628 bits per heavy atom. The Kier molecular flexibility index (Phi) is 20.9. The summed E-state index contributed by atoms with van der Waals surface area (Å²) in [4.78, 5) is 31.1. The maximum absolute atomic E-state index is 13.3. The molecule has 6 N–H and O–H groups in total. The maximum atomic E-state index is 13.3. The highest BCUT2D eigenvalue weighted by Gasteiger charge is 2.46. The van der Waals surface area contributed by atoms with Crippen LogP contribution in [-0.4, -0.2) is 103 Å². The van der Waals surface area contributed by atoms with Gasteiger partial charge in [0, 0.05) is 70.3 Å². The molecule has 6 aliphatic rings. The Hall–Kier alpha value is -5.70. The minimum atomic E-state index is -4.09. The lowest BCUT2D eigenvalue weighted by atomic mass is 9.68. The molecule has 0 bridgehead atoms. The summed E-state index contributed by atoms with van der Waals surface area (Å²) in [7, 11) is -8.17. The number of anilines is 2. The second kappa shape index (κ2) is 27.8. The maximum Gasteiger partial charge on any atom is 0.301 e. The van der Waals surface area contributed by atoms with Crippen molar-refractivity contribution < 1.29 is 46.1 Å². The standard InChI is InChI=1S/2C33H42ClN3O5S/c2*1-4-8-26(5-2)35-43(40,41)36-32(39)23-11-15-31-29(18-23)37(19-24-10-13-27(24)30(38)6-3)20-33(21-42-31)16-7-9-22-17-25(34)12-14-28(22)33/h2*4,6,11-12,14-15,17-18,24,26-27,30,35,38H,1,3,5,7-10,13,16,19-21H2,2H3,(H,36,39)/t24-,26+,27+,30-,33-;24-,26-,27+,30-,33-/m00/s1. The van der Waals surface area contributed by atoms with Gasteiger partial charge in [-0.05, 0) is 196 Å². The van der Waals surface area contributed by atoms with E-state index < -0.39 is 44.4 Å². The number of aryl methyl sites for hydroxylation is 2. The number of ether oxygens (including phenoxy) is 2. The fourth-order valence-corrected chi connectivity index (χ4v) is 16.5. The first-order valence-electron chi connectivity index (χ1n) is 30.3. The molecule has 16 nitrogen and oxygen atoms in total. The van der Waals surface area contributed by atoms with Gasteiger partial charge in [0.15, 0.2) is 0 Å². The van der Waals surface area contributed by atoms with Gasteiger partial charge in [-0.3, -0.25) is 9.59 Å². The summed E-state index contributed by atoms with van der Waals surface area (Å²) in [5.74, 6) is 0.559. The van der Waals surface area contributed by atoms with E-state index in [9.17, 15) is 36.6 Å². The summed E-state index contributed by atoms with van der Waals surface area (Å²) in [5.41, 5.74) is 6.28. The van der Waals surface area contributed by atoms with E-state index in [4.69, 9.17) is 32.7 Å². The normalized spacial score (nSPS) is 24.4. The highest BCUT2D eigenvalue weighted by Crippen LogP contribution is 2.49. The van der Waals surface area contributed by atoms with Crippen LogP contribution in [0.15, 0.2) is 123 Å². The molecule has 86 heavy (non-hydrogen) atoms. The first-order chi connectivity index (χ1) is 41.1. The van der Waals surface area contributed by atoms with Crippen LogP contribution in [-0.2, 0) is 44.1 Å². The monoisotopic (exact) mass is 1250 g/mol. The molecule has 10 rings (SSSR count). The lowest BCUT2D eigenvalue weighted by molar-refractivity contribution is 0.0458. The van der Waals surface area contributed by atoms with E-state index in [2.05, 4.69) is 79.3 Å². The SMILES string of the molecule is C=CC[C@@H](CC)NS(=O)(=O)NC(=O)c1ccc2c(c1)N(C[C@@H]1CC[C@H]1[C@@H](O)C=C)C[C@@]1(CCCc3cc(Cl)ccc31)CO2.C=CC[C@H](CC)NS(=O)(=O)NC(=O)c1ccc2c(c1)N(C[C@@H]1CC[C@H]1[C@@H](O)C=C)C[C@@]1(CCCc3cc(Cl)ccc31)CO2. The number of hydrogen-bond acceptors (Lipinski definition) is 12. The van der Waals surface area contributed by atoms with Gasteiger partial charge >= 0.3 is 20.4 Å². The van der Waals surface area contributed by atoms with Gasteiger partial charge in [0.05, 0.1) is 36.8 Å². The molecular weight excluding hydrogens is 1170 g/mol. The van der Waals surface area contributed by atoms with Crippen LogP contribution in [0.4, 0.5) is 11.4 Å². The van der Waals surface area contributed by atoms with Crippen molar-refractivity contribution >= 4 is 66.8 Å². The van der Waals surface area contributed by atoms with E-state index in [1.165, 1.54) is 22.3 Å². The predicted molar refractivity (Wildman–Crippen MR) is 342 cm³/mol. The molecule has 2 heterocycles. The topological polar surface area (TPSA) is 216 Å². The van der Waals surface area contributed by atoms with Crippen molar-refractivity contribution in [3.05, 3.63) is 167 Å². The van der Waals surface area contributed by atoms with Crippen LogP contribution >= 0.6 is 23.2 Å². The van der Waals surface area contributed by atoms with Crippen LogP contribution in [0.1, 0.15) is 134 Å². The van der Waals surface area contributed by atoms with Crippen LogP contribution in [0.25, 0.3) is 0 Å². The number of nitrogens with one attached hydrogen (secondary N) is 4. The molecule has 464 valence electrons. The van der Waals surface area contributed by atoms with E-state index in [0.717, 1.165) is 85.6 Å². The van der Waals surface area contributed by atoms with Gasteiger partial charge in [-0.2, -0.15) is 26.3 Å². The zero-order chi connectivity index (χ0) is 61.6. The number of halogens is 2. The molecule has 2 spiro atoms. The number of nitrogens with zero attached hydrogens (tertiary/aromatic N) is 2. The minimum Gasteiger partial charge on any atom is -0.490 e. The van der Waals surface area contributed by atoms with Gasteiger partial charge in [-0.1, -0.05) is 73.5 Å². The van der Waals surface area contributed by atoms with Crippen LogP contribution in [0.2, 0.25) is 10.0 Å². The number of aliphatic hydroxyl groups excluding tert-OH is 2. The number of hydrogen-bond donors (Lipinski definition) is 6. The number of carbonyl (C=O) groups excluding carboxylic acids is 2. The van der Waals surface area contributed by atoms with Crippen molar-refractivity contribution in [3.63, 3.8) is 0 Å². The summed E-state index contributed by atoms with van der Waals surface area (Å²) < 4.78 is 73.5. The molecule has 0 saturated heterocycles. The smallest absolute Gasteiger partial charge is 0.301 e. The molecule has 4 aliphatic carbocycles. The summed E-state index contributed by atoms with van der Waals surface area (Å²) in [6.45, 7) is 22.3. The molecule has 0 radical (unpaired) electrons. The Balaban J connectivity index is 0.000000205. The first kappa shape index (κ1) is 64.8. The van der Waals surface area contributed by atoms with Crippen molar-refractivity contribution in [2.24, 2.45) is 23.7 Å². The average Bonchev–Trinajstić information content (AvgIpc) is 1.76. The predicted octanol–water partition coefficient (Wildman–Crippen LogP) is 10.6. The summed E-state index contributed by atoms with van der Waals surface area (Å²) in [6, 6.07) is 21.7. The van der Waals surface area contributed by atoms with Crippen molar-refractivity contribution in [1.82, 2.24) is 18.9 Å². The average molecular weight is 1260 g/mol. The lowest BCUT2D eigenvalue weighted by Gasteiger charge is -2.45. The number of aliphatic hydroxyl groups is 2. The van der Waals surface area contributed by atoms with E-state index in [1.807, 2.05) is 26.0 Å². The Morgan fingerprint density at radius 2 is 1.03 bits per heavy atom. The largest absolute Gasteiger partial charge is 0.490 e. The second-order valence-corrected chi connectivity index (χ2v) is 28.2. The van der Waals surface area contributed by atoms with Crippen LogP contribution in [0.5, 0.6) is 11.5 Å². The number of benzene rings is 4. The van der Waals surface area contributed by atoms with Gasteiger partial charge in [-0.25, -0.2) is 9.44 Å². The molecule has 2 fully saturated rings. The number of rotatable bonds is 22. The Labute approximate surface area is 518 Å². The van der Waals surface area contributed by atoms with Gasteiger partial charge in [0.1, 0.15) is 11.5 Å². The number of fused-ring (bicyclic) bond motifs is 6. The van der Waals surface area contributed by atoms with Gasteiger partial charge in [-0.15, -0.1) is 26.3 Å². The molecule has 2 saturated carbocycles. The third-order valence-corrected chi connectivity index (χ3v) is 21.5. The van der Waals surface area contributed by atoms with Crippen molar-refractivity contribution in [3.8, 4) is 11.5 Å². The molecule has 4 aromatic rings.